The van der Waals surface area contributed by atoms with Gasteiger partial charge in [-0.15, -0.1) is 0 Å². The maximum Gasteiger partial charge on any atom is 0.287 e. The summed E-state index contributed by atoms with van der Waals surface area (Å²) in [5.41, 5.74) is 1.29. The second-order valence-corrected chi connectivity index (χ2v) is 3.16. The second kappa shape index (κ2) is 4.18. The van der Waals surface area contributed by atoms with Crippen molar-refractivity contribution in [2.24, 2.45) is 0 Å². The molecule has 1 amide bonds. The number of hydrogen-bond acceptors (Lipinski definition) is 4. The molecule has 0 saturated heterocycles. The van der Waals surface area contributed by atoms with E-state index < -0.39 is 0 Å². The number of aromatic nitrogens is 3. The predicted octanol–water partition coefficient (Wildman–Crippen LogP) is 0.716. The molecule has 0 aromatic carbocycles. The van der Waals surface area contributed by atoms with E-state index in [0.717, 1.165) is 5.52 Å². The van der Waals surface area contributed by atoms with E-state index in [2.05, 4.69) is 20.3 Å². The van der Waals surface area contributed by atoms with Crippen LogP contribution in [-0.4, -0.2) is 34.5 Å². The molecule has 0 aliphatic rings. The molecule has 0 fully saturated rings. The molecule has 84 valence electrons. The fourth-order valence-electron chi connectivity index (χ4n) is 1.41. The standard InChI is InChI=1S/C10H12N4O2/c1-3-11-9(15)8-13-6-4-5-12-10(16-2)7(6)14-8/h4-5H,3H2,1-2H3,(H,11,15)(H,13,14). The van der Waals surface area contributed by atoms with E-state index in [-0.39, 0.29) is 11.7 Å². The van der Waals surface area contributed by atoms with Crippen molar-refractivity contribution in [2.45, 2.75) is 6.92 Å². The van der Waals surface area contributed by atoms with Gasteiger partial charge in [0.2, 0.25) is 5.88 Å². The molecule has 2 rings (SSSR count). The van der Waals surface area contributed by atoms with Gasteiger partial charge in [0, 0.05) is 12.7 Å². The van der Waals surface area contributed by atoms with Crippen LogP contribution in [0.4, 0.5) is 0 Å². The minimum atomic E-state index is -0.235. The molecule has 0 bridgehead atoms. The van der Waals surface area contributed by atoms with Crippen molar-refractivity contribution in [3.05, 3.63) is 18.1 Å². The molecular formula is C10H12N4O2. The van der Waals surface area contributed by atoms with Crippen LogP contribution in [-0.2, 0) is 0 Å². The number of pyridine rings is 1. The lowest BCUT2D eigenvalue weighted by Crippen LogP contribution is -2.23. The van der Waals surface area contributed by atoms with Crippen molar-refractivity contribution in [3.8, 4) is 5.88 Å². The van der Waals surface area contributed by atoms with Crippen molar-refractivity contribution in [2.75, 3.05) is 13.7 Å². The molecule has 0 saturated carbocycles. The van der Waals surface area contributed by atoms with Gasteiger partial charge in [0.25, 0.3) is 5.91 Å². The minimum Gasteiger partial charge on any atom is -0.479 e. The number of fused-ring (bicyclic) bond motifs is 1. The van der Waals surface area contributed by atoms with Gasteiger partial charge < -0.3 is 15.0 Å². The highest BCUT2D eigenvalue weighted by Crippen LogP contribution is 2.19. The smallest absolute Gasteiger partial charge is 0.287 e. The summed E-state index contributed by atoms with van der Waals surface area (Å²) in [6.07, 6.45) is 1.60. The molecule has 16 heavy (non-hydrogen) atoms. The Morgan fingerprint density at radius 2 is 2.44 bits per heavy atom. The molecule has 0 radical (unpaired) electrons. The van der Waals surface area contributed by atoms with Crippen LogP contribution in [0, 0.1) is 0 Å². The van der Waals surface area contributed by atoms with Crippen molar-refractivity contribution >= 4 is 16.9 Å². The molecule has 2 N–H and O–H groups in total. The number of carbonyl (C=O) groups is 1. The van der Waals surface area contributed by atoms with Gasteiger partial charge in [0.05, 0.1) is 12.6 Å². The minimum absolute atomic E-state index is 0.235. The summed E-state index contributed by atoms with van der Waals surface area (Å²) in [7, 11) is 1.52. The molecule has 6 nitrogen and oxygen atoms in total. The lowest BCUT2D eigenvalue weighted by atomic mass is 10.4. The van der Waals surface area contributed by atoms with Crippen LogP contribution in [0.2, 0.25) is 0 Å². The number of H-pyrrole nitrogens is 1. The topological polar surface area (TPSA) is 79.9 Å². The molecule has 0 aliphatic carbocycles. The van der Waals surface area contributed by atoms with Crippen LogP contribution in [0.5, 0.6) is 5.88 Å². The molecule has 2 aromatic heterocycles. The number of hydrogen-bond donors (Lipinski definition) is 2. The van der Waals surface area contributed by atoms with Gasteiger partial charge >= 0.3 is 0 Å². The van der Waals surface area contributed by atoms with Crippen LogP contribution in [0.1, 0.15) is 17.5 Å². The van der Waals surface area contributed by atoms with Crippen LogP contribution >= 0.6 is 0 Å². The predicted molar refractivity (Wildman–Crippen MR) is 58.4 cm³/mol. The Morgan fingerprint density at radius 3 is 3.12 bits per heavy atom. The van der Waals surface area contributed by atoms with Crippen molar-refractivity contribution in [1.82, 2.24) is 20.3 Å². The summed E-state index contributed by atoms with van der Waals surface area (Å²) in [4.78, 5) is 22.6. The highest BCUT2D eigenvalue weighted by molar-refractivity contribution is 5.94. The molecule has 2 heterocycles. The van der Waals surface area contributed by atoms with E-state index in [1.54, 1.807) is 12.3 Å². The average Bonchev–Trinajstić information content (AvgIpc) is 2.72. The Kier molecular flexibility index (Phi) is 2.72. The van der Waals surface area contributed by atoms with E-state index in [1.807, 2.05) is 6.92 Å². The first-order valence-corrected chi connectivity index (χ1v) is 4.93. The second-order valence-electron chi connectivity index (χ2n) is 3.16. The van der Waals surface area contributed by atoms with E-state index in [4.69, 9.17) is 4.74 Å². The average molecular weight is 220 g/mol. The quantitative estimate of drug-likeness (QED) is 0.798. The van der Waals surface area contributed by atoms with Crippen molar-refractivity contribution < 1.29 is 9.53 Å². The highest BCUT2D eigenvalue weighted by atomic mass is 16.5. The summed E-state index contributed by atoms with van der Waals surface area (Å²) >= 11 is 0. The first-order chi connectivity index (χ1) is 7.76. The third-order valence-corrected chi connectivity index (χ3v) is 2.11. The zero-order valence-corrected chi connectivity index (χ0v) is 9.07. The molecule has 2 aromatic rings. The number of nitrogens with one attached hydrogen (secondary N) is 2. The van der Waals surface area contributed by atoms with Gasteiger partial charge in [-0.25, -0.2) is 9.97 Å². The van der Waals surface area contributed by atoms with Gasteiger partial charge in [-0.05, 0) is 13.0 Å². The fraction of sp³-hybridized carbons (Fsp3) is 0.300. The zero-order chi connectivity index (χ0) is 11.5. The van der Waals surface area contributed by atoms with E-state index in [9.17, 15) is 4.79 Å². The van der Waals surface area contributed by atoms with Crippen LogP contribution in [0.3, 0.4) is 0 Å². The summed E-state index contributed by atoms with van der Waals surface area (Å²) in [6, 6.07) is 1.74. The molecule has 0 aliphatic heterocycles. The van der Waals surface area contributed by atoms with Crippen LogP contribution in [0.25, 0.3) is 11.0 Å². The molecule has 0 spiro atoms. The Labute approximate surface area is 92.0 Å². The maximum atomic E-state index is 11.5. The Balaban J connectivity index is 2.47. The zero-order valence-electron chi connectivity index (χ0n) is 9.07. The normalized spacial score (nSPS) is 10.4. The lowest BCUT2D eigenvalue weighted by Gasteiger charge is -1.96. The number of amides is 1. The summed E-state index contributed by atoms with van der Waals surface area (Å²) in [5.74, 6) is 0.438. The third-order valence-electron chi connectivity index (χ3n) is 2.11. The first-order valence-electron chi connectivity index (χ1n) is 4.93. The Hall–Kier alpha value is -2.11. The number of rotatable bonds is 3. The Morgan fingerprint density at radius 1 is 1.62 bits per heavy atom. The van der Waals surface area contributed by atoms with Crippen LogP contribution in [0.15, 0.2) is 12.3 Å². The van der Waals surface area contributed by atoms with Gasteiger partial charge in [0.1, 0.15) is 0 Å². The number of nitrogens with zero attached hydrogens (tertiary/aromatic N) is 2. The van der Waals surface area contributed by atoms with Crippen molar-refractivity contribution in [1.29, 1.82) is 0 Å². The molecule has 6 heteroatoms. The van der Waals surface area contributed by atoms with E-state index >= 15 is 0 Å². The number of ether oxygens (including phenoxy) is 1. The van der Waals surface area contributed by atoms with Gasteiger partial charge in [0.15, 0.2) is 11.3 Å². The maximum absolute atomic E-state index is 11.5. The monoisotopic (exact) mass is 220 g/mol. The lowest BCUT2D eigenvalue weighted by molar-refractivity contribution is 0.0947. The van der Waals surface area contributed by atoms with Gasteiger partial charge in [-0.1, -0.05) is 0 Å². The summed E-state index contributed by atoms with van der Waals surface area (Å²) in [5, 5.41) is 2.67. The highest BCUT2D eigenvalue weighted by Gasteiger charge is 2.13. The number of carbonyl (C=O) groups excluding carboxylic acids is 1. The fourth-order valence-corrected chi connectivity index (χ4v) is 1.41. The van der Waals surface area contributed by atoms with Gasteiger partial charge in [-0.2, -0.15) is 0 Å². The number of methoxy groups -OCH3 is 1. The van der Waals surface area contributed by atoms with E-state index in [1.165, 1.54) is 7.11 Å². The summed E-state index contributed by atoms with van der Waals surface area (Å²) in [6.45, 7) is 2.41. The van der Waals surface area contributed by atoms with Crippen LogP contribution < -0.4 is 10.1 Å². The molecule has 0 unspecified atom stereocenters. The number of aromatic amines is 1. The first kappa shape index (κ1) is 10.4. The van der Waals surface area contributed by atoms with Gasteiger partial charge in [-0.3, -0.25) is 4.79 Å². The summed E-state index contributed by atoms with van der Waals surface area (Å²) < 4.78 is 5.06. The largest absolute Gasteiger partial charge is 0.479 e. The molecular weight excluding hydrogens is 208 g/mol. The Bertz CT molecular complexity index is 521. The molecule has 0 atom stereocenters. The van der Waals surface area contributed by atoms with Crippen molar-refractivity contribution in [3.63, 3.8) is 0 Å². The SMILES string of the molecule is CCNC(=O)c1nc2c(OC)nccc2[nH]1. The van der Waals surface area contributed by atoms with E-state index in [0.29, 0.717) is 17.9 Å². The number of imidazole rings is 1. The third kappa shape index (κ3) is 1.69.